The lowest BCUT2D eigenvalue weighted by molar-refractivity contribution is 0.103. The van der Waals surface area contributed by atoms with E-state index >= 15 is 0 Å². The van der Waals surface area contributed by atoms with Gasteiger partial charge in [-0.1, -0.05) is 53.5 Å². The van der Waals surface area contributed by atoms with E-state index in [1.165, 1.54) is 0 Å². The van der Waals surface area contributed by atoms with E-state index in [2.05, 4.69) is 0 Å². The topological polar surface area (TPSA) is 35.5 Å². The Labute approximate surface area is 184 Å². The number of ketones is 1. The van der Waals surface area contributed by atoms with Crippen LogP contribution in [0.1, 0.15) is 15.9 Å². The van der Waals surface area contributed by atoms with Crippen molar-refractivity contribution in [1.82, 2.24) is 0 Å². The predicted octanol–water partition coefficient (Wildman–Crippen LogP) is 7.81. The standard InChI is InChI=1S/C25H16Cl2O3/c26-18-12-15-22(27)21(16-18)25(28)17-10-13-20(14-11-17)30-24-9-5-4-8-23(24)29-19-6-2-1-3-7-19/h1-16H. The number of halogens is 2. The molecular weight excluding hydrogens is 419 g/mol. The van der Waals surface area contributed by atoms with Crippen LogP contribution < -0.4 is 9.47 Å². The maximum atomic E-state index is 12.7. The first-order valence-corrected chi connectivity index (χ1v) is 9.95. The third-order valence-corrected chi connectivity index (χ3v) is 4.90. The molecule has 0 radical (unpaired) electrons. The Bertz CT molecular complexity index is 1170. The Balaban J connectivity index is 1.53. The Hall–Kier alpha value is -3.27. The van der Waals surface area contributed by atoms with Gasteiger partial charge in [-0.2, -0.15) is 0 Å². The van der Waals surface area contributed by atoms with Gasteiger partial charge in [-0.25, -0.2) is 0 Å². The summed E-state index contributed by atoms with van der Waals surface area (Å²) in [5, 5.41) is 0.814. The van der Waals surface area contributed by atoms with Crippen LogP contribution in [0.3, 0.4) is 0 Å². The van der Waals surface area contributed by atoms with Crippen LogP contribution in [0.25, 0.3) is 0 Å². The quantitative estimate of drug-likeness (QED) is 0.290. The van der Waals surface area contributed by atoms with E-state index in [-0.39, 0.29) is 5.78 Å². The van der Waals surface area contributed by atoms with Crippen LogP contribution in [-0.4, -0.2) is 5.78 Å². The second kappa shape index (κ2) is 9.04. The molecule has 30 heavy (non-hydrogen) atoms. The van der Waals surface area contributed by atoms with Crippen molar-refractivity contribution in [2.45, 2.75) is 0 Å². The van der Waals surface area contributed by atoms with E-state index in [1.54, 1.807) is 42.5 Å². The van der Waals surface area contributed by atoms with Gasteiger partial charge in [-0.3, -0.25) is 4.79 Å². The molecule has 0 aliphatic carbocycles. The molecule has 0 aliphatic heterocycles. The van der Waals surface area contributed by atoms with Gasteiger partial charge in [0.2, 0.25) is 0 Å². The lowest BCUT2D eigenvalue weighted by Gasteiger charge is -2.12. The molecule has 0 aromatic heterocycles. The zero-order valence-corrected chi connectivity index (χ0v) is 17.2. The summed E-state index contributed by atoms with van der Waals surface area (Å²) < 4.78 is 11.9. The van der Waals surface area contributed by atoms with E-state index in [4.69, 9.17) is 32.7 Å². The van der Waals surface area contributed by atoms with Gasteiger partial charge in [0, 0.05) is 16.1 Å². The first-order chi connectivity index (χ1) is 14.6. The van der Waals surface area contributed by atoms with Gasteiger partial charge in [0.05, 0.1) is 5.02 Å². The number of carbonyl (C=O) groups is 1. The van der Waals surface area contributed by atoms with Crippen molar-refractivity contribution in [3.63, 3.8) is 0 Å². The second-order valence-corrected chi connectivity index (χ2v) is 7.29. The molecule has 0 saturated heterocycles. The van der Waals surface area contributed by atoms with Gasteiger partial charge in [0.25, 0.3) is 0 Å². The summed E-state index contributed by atoms with van der Waals surface area (Å²) >= 11 is 12.1. The summed E-state index contributed by atoms with van der Waals surface area (Å²) in [6.07, 6.45) is 0. The van der Waals surface area contributed by atoms with Crippen LogP contribution in [0.2, 0.25) is 10.0 Å². The van der Waals surface area contributed by atoms with Crippen LogP contribution in [0.15, 0.2) is 97.1 Å². The molecule has 0 unspecified atom stereocenters. The minimum atomic E-state index is -0.207. The lowest BCUT2D eigenvalue weighted by atomic mass is 10.0. The highest BCUT2D eigenvalue weighted by Crippen LogP contribution is 2.34. The molecule has 4 aromatic rings. The van der Waals surface area contributed by atoms with Gasteiger partial charge >= 0.3 is 0 Å². The first kappa shape index (κ1) is 20.0. The molecule has 4 rings (SSSR count). The lowest BCUT2D eigenvalue weighted by Crippen LogP contribution is -2.02. The highest BCUT2D eigenvalue weighted by atomic mass is 35.5. The van der Waals surface area contributed by atoms with Crippen LogP contribution in [-0.2, 0) is 0 Å². The first-order valence-electron chi connectivity index (χ1n) is 9.20. The minimum Gasteiger partial charge on any atom is -0.453 e. The van der Waals surface area contributed by atoms with Crippen LogP contribution in [0.4, 0.5) is 0 Å². The number of hydrogen-bond donors (Lipinski definition) is 0. The number of para-hydroxylation sites is 3. The fourth-order valence-corrected chi connectivity index (χ4v) is 3.24. The fourth-order valence-electron chi connectivity index (χ4n) is 2.86. The zero-order chi connectivity index (χ0) is 20.9. The van der Waals surface area contributed by atoms with Crippen molar-refractivity contribution in [1.29, 1.82) is 0 Å². The van der Waals surface area contributed by atoms with Gasteiger partial charge in [0.15, 0.2) is 17.3 Å². The SMILES string of the molecule is O=C(c1ccc(Oc2ccccc2Oc2ccccc2)cc1)c1cc(Cl)ccc1Cl. The number of ether oxygens (including phenoxy) is 2. The summed E-state index contributed by atoms with van der Waals surface area (Å²) in [5.41, 5.74) is 0.847. The molecule has 0 aliphatic rings. The molecule has 0 amide bonds. The third-order valence-electron chi connectivity index (χ3n) is 4.34. The number of benzene rings is 4. The molecule has 4 aromatic carbocycles. The van der Waals surface area contributed by atoms with Crippen molar-refractivity contribution in [3.05, 3.63) is 118 Å². The number of carbonyl (C=O) groups excluding carboxylic acids is 1. The fraction of sp³-hybridized carbons (Fsp3) is 0. The van der Waals surface area contributed by atoms with Gasteiger partial charge in [-0.05, 0) is 66.7 Å². The summed E-state index contributed by atoms with van der Waals surface area (Å²) in [7, 11) is 0. The Morgan fingerprint density at radius 1 is 0.633 bits per heavy atom. The van der Waals surface area contributed by atoms with Gasteiger partial charge in [0.1, 0.15) is 11.5 Å². The average molecular weight is 435 g/mol. The molecule has 0 N–H and O–H groups in total. The van der Waals surface area contributed by atoms with Gasteiger partial charge < -0.3 is 9.47 Å². The van der Waals surface area contributed by atoms with Crippen molar-refractivity contribution in [3.8, 4) is 23.0 Å². The molecule has 0 saturated carbocycles. The number of rotatable bonds is 6. The van der Waals surface area contributed by atoms with Gasteiger partial charge in [-0.15, -0.1) is 0 Å². The third kappa shape index (κ3) is 4.65. The molecule has 0 bridgehead atoms. The van der Waals surface area contributed by atoms with E-state index in [0.29, 0.717) is 44.2 Å². The van der Waals surface area contributed by atoms with Crippen LogP contribution >= 0.6 is 23.2 Å². The van der Waals surface area contributed by atoms with E-state index in [0.717, 1.165) is 0 Å². The molecule has 0 atom stereocenters. The molecule has 5 heteroatoms. The summed E-state index contributed by atoms with van der Waals surface area (Å²) in [5.74, 6) is 2.25. The highest BCUT2D eigenvalue weighted by molar-refractivity contribution is 6.36. The summed E-state index contributed by atoms with van der Waals surface area (Å²) in [4.78, 5) is 12.7. The molecular formula is C25H16Cl2O3. The second-order valence-electron chi connectivity index (χ2n) is 6.44. The van der Waals surface area contributed by atoms with E-state index in [9.17, 15) is 4.79 Å². The van der Waals surface area contributed by atoms with E-state index < -0.39 is 0 Å². The van der Waals surface area contributed by atoms with Crippen molar-refractivity contribution < 1.29 is 14.3 Å². The molecule has 0 heterocycles. The van der Waals surface area contributed by atoms with Crippen molar-refractivity contribution in [2.24, 2.45) is 0 Å². The van der Waals surface area contributed by atoms with Crippen LogP contribution in [0.5, 0.6) is 23.0 Å². The minimum absolute atomic E-state index is 0.207. The smallest absolute Gasteiger partial charge is 0.194 e. The molecule has 3 nitrogen and oxygen atoms in total. The largest absolute Gasteiger partial charge is 0.453 e. The Kier molecular flexibility index (Phi) is 6.03. The molecule has 148 valence electrons. The molecule has 0 spiro atoms. The highest BCUT2D eigenvalue weighted by Gasteiger charge is 2.14. The van der Waals surface area contributed by atoms with Crippen molar-refractivity contribution in [2.75, 3.05) is 0 Å². The summed E-state index contributed by atoms with van der Waals surface area (Å²) in [6, 6.07) is 28.5. The Morgan fingerprint density at radius 3 is 1.83 bits per heavy atom. The maximum absolute atomic E-state index is 12.7. The monoisotopic (exact) mass is 434 g/mol. The van der Waals surface area contributed by atoms with E-state index in [1.807, 2.05) is 54.6 Å². The predicted molar refractivity (Wildman–Crippen MR) is 119 cm³/mol. The van der Waals surface area contributed by atoms with Crippen molar-refractivity contribution >= 4 is 29.0 Å². The number of hydrogen-bond acceptors (Lipinski definition) is 3. The zero-order valence-electron chi connectivity index (χ0n) is 15.7. The normalized spacial score (nSPS) is 10.5. The Morgan fingerprint density at radius 2 is 1.20 bits per heavy atom. The van der Waals surface area contributed by atoms with Crippen LogP contribution in [0, 0.1) is 0 Å². The average Bonchev–Trinajstić information content (AvgIpc) is 2.77. The maximum Gasteiger partial charge on any atom is 0.194 e. The summed E-state index contributed by atoms with van der Waals surface area (Å²) in [6.45, 7) is 0. The molecule has 0 fully saturated rings.